The Labute approximate surface area is 136 Å². The number of rotatable bonds is 6. The van der Waals surface area contributed by atoms with Crippen LogP contribution >= 0.6 is 0 Å². The van der Waals surface area contributed by atoms with Crippen LogP contribution in [0.1, 0.15) is 25.8 Å². The molecule has 1 heterocycles. The molecule has 1 aromatic rings. The van der Waals surface area contributed by atoms with Crippen molar-refractivity contribution >= 4 is 17.7 Å². The van der Waals surface area contributed by atoms with E-state index in [0.29, 0.717) is 12.1 Å². The molecule has 1 aliphatic rings. The van der Waals surface area contributed by atoms with Crippen LogP contribution in [0.2, 0.25) is 0 Å². The molecule has 2 amide bonds. The molecule has 1 saturated heterocycles. The largest absolute Gasteiger partial charge is 0.481 e. The fourth-order valence-corrected chi connectivity index (χ4v) is 2.94. The van der Waals surface area contributed by atoms with E-state index in [4.69, 9.17) is 0 Å². The van der Waals surface area contributed by atoms with Gasteiger partial charge in [-0.05, 0) is 63.4 Å². The fraction of sp³-hybridized carbons (Fsp3) is 0.529. The number of hydrogen-bond acceptors (Lipinski definition) is 3. The fourth-order valence-electron chi connectivity index (χ4n) is 2.94. The van der Waals surface area contributed by atoms with Crippen molar-refractivity contribution in [2.24, 2.45) is 11.8 Å². The Bertz CT molecular complexity index is 554. The molecule has 126 valence electrons. The lowest BCUT2D eigenvalue weighted by Crippen LogP contribution is -2.34. The number of carboxylic acid groups (broad SMARTS) is 1. The van der Waals surface area contributed by atoms with Crippen LogP contribution in [0.15, 0.2) is 24.3 Å². The van der Waals surface area contributed by atoms with Crippen molar-refractivity contribution in [2.75, 3.05) is 18.4 Å². The van der Waals surface area contributed by atoms with Crippen LogP contribution in [0.5, 0.6) is 0 Å². The summed E-state index contributed by atoms with van der Waals surface area (Å²) in [5.74, 6) is -0.993. The molecule has 0 radical (unpaired) electrons. The number of anilines is 1. The molecule has 6 heteroatoms. The van der Waals surface area contributed by atoms with Gasteiger partial charge in [0.05, 0.1) is 5.92 Å². The molecule has 4 N–H and O–H groups in total. The number of nitrogens with one attached hydrogen (secondary N) is 3. The molecular weight excluding hydrogens is 294 g/mol. The molecule has 0 spiro atoms. The minimum absolute atomic E-state index is 0.0597. The zero-order valence-corrected chi connectivity index (χ0v) is 13.6. The Kier molecular flexibility index (Phi) is 5.98. The zero-order chi connectivity index (χ0) is 16.8. The molecular formula is C17H25N3O3. The maximum Gasteiger partial charge on any atom is 0.319 e. The summed E-state index contributed by atoms with van der Waals surface area (Å²) in [4.78, 5) is 23.3. The summed E-state index contributed by atoms with van der Waals surface area (Å²) in [6.07, 6.45) is 1.37. The summed E-state index contributed by atoms with van der Waals surface area (Å²) < 4.78 is 0. The summed E-state index contributed by atoms with van der Waals surface area (Å²) in [7, 11) is 0. The third-order valence-corrected chi connectivity index (χ3v) is 4.04. The molecule has 6 nitrogen and oxygen atoms in total. The van der Waals surface area contributed by atoms with Gasteiger partial charge in [0.1, 0.15) is 0 Å². The second kappa shape index (κ2) is 7.97. The van der Waals surface area contributed by atoms with Gasteiger partial charge in [0.25, 0.3) is 0 Å². The van der Waals surface area contributed by atoms with Crippen LogP contribution in [0.25, 0.3) is 0 Å². The van der Waals surface area contributed by atoms with E-state index < -0.39 is 11.9 Å². The topological polar surface area (TPSA) is 90.5 Å². The van der Waals surface area contributed by atoms with Gasteiger partial charge in [-0.15, -0.1) is 0 Å². The first-order chi connectivity index (χ1) is 11.0. The Balaban J connectivity index is 2.03. The number of carbonyl (C=O) groups is 2. The van der Waals surface area contributed by atoms with Gasteiger partial charge in [0, 0.05) is 11.7 Å². The maximum atomic E-state index is 11.7. The van der Waals surface area contributed by atoms with Crippen LogP contribution in [-0.4, -0.2) is 36.2 Å². The highest BCUT2D eigenvalue weighted by molar-refractivity contribution is 5.89. The summed E-state index contributed by atoms with van der Waals surface area (Å²) in [6.45, 7) is 5.42. The lowest BCUT2D eigenvalue weighted by Gasteiger charge is -2.19. The van der Waals surface area contributed by atoms with Crippen molar-refractivity contribution < 1.29 is 14.7 Å². The van der Waals surface area contributed by atoms with Crippen molar-refractivity contribution in [1.82, 2.24) is 10.6 Å². The molecule has 0 aliphatic carbocycles. The molecule has 23 heavy (non-hydrogen) atoms. The minimum atomic E-state index is -0.755. The normalized spacial score (nSPS) is 18.7. The highest BCUT2D eigenvalue weighted by Gasteiger charge is 2.30. The number of carboxylic acids is 1. The monoisotopic (exact) mass is 319 g/mol. The van der Waals surface area contributed by atoms with Gasteiger partial charge >= 0.3 is 12.0 Å². The van der Waals surface area contributed by atoms with Crippen molar-refractivity contribution in [3.05, 3.63) is 29.8 Å². The summed E-state index contributed by atoms with van der Waals surface area (Å²) in [6, 6.07) is 7.20. The van der Waals surface area contributed by atoms with Gasteiger partial charge < -0.3 is 21.1 Å². The van der Waals surface area contributed by atoms with Gasteiger partial charge in [-0.3, -0.25) is 4.79 Å². The van der Waals surface area contributed by atoms with Gasteiger partial charge in [-0.25, -0.2) is 4.79 Å². The highest BCUT2D eigenvalue weighted by atomic mass is 16.4. The molecule has 0 aromatic heterocycles. The van der Waals surface area contributed by atoms with Gasteiger partial charge in [-0.2, -0.15) is 0 Å². The molecule has 1 aromatic carbocycles. The number of carbonyl (C=O) groups excluding carboxylic acids is 1. The summed E-state index contributed by atoms with van der Waals surface area (Å²) in [5.41, 5.74) is 1.60. The Hall–Kier alpha value is -2.08. The van der Waals surface area contributed by atoms with Crippen molar-refractivity contribution in [1.29, 1.82) is 0 Å². The average Bonchev–Trinajstić information content (AvgIpc) is 2.97. The molecule has 0 unspecified atom stereocenters. The minimum Gasteiger partial charge on any atom is -0.481 e. The van der Waals surface area contributed by atoms with Crippen molar-refractivity contribution in [2.45, 2.75) is 32.7 Å². The van der Waals surface area contributed by atoms with E-state index in [1.165, 1.54) is 0 Å². The second-order valence-electron chi connectivity index (χ2n) is 6.36. The molecule has 1 fully saturated rings. The van der Waals surface area contributed by atoms with E-state index in [2.05, 4.69) is 16.0 Å². The Morgan fingerprint density at radius 1 is 1.39 bits per heavy atom. The van der Waals surface area contributed by atoms with Crippen LogP contribution in [0.4, 0.5) is 10.5 Å². The van der Waals surface area contributed by atoms with Gasteiger partial charge in [-0.1, -0.05) is 12.1 Å². The highest BCUT2D eigenvalue weighted by Crippen LogP contribution is 2.24. The van der Waals surface area contributed by atoms with Gasteiger partial charge in [0.15, 0.2) is 0 Å². The van der Waals surface area contributed by atoms with E-state index in [0.717, 1.165) is 25.1 Å². The first kappa shape index (κ1) is 17.3. The van der Waals surface area contributed by atoms with E-state index in [-0.39, 0.29) is 18.0 Å². The van der Waals surface area contributed by atoms with Crippen molar-refractivity contribution in [3.8, 4) is 0 Å². The number of aliphatic carboxylic acids is 1. The van der Waals surface area contributed by atoms with Crippen molar-refractivity contribution in [3.63, 3.8) is 0 Å². The Morgan fingerprint density at radius 2 is 2.17 bits per heavy atom. The number of urea groups is 1. The number of hydrogen-bond donors (Lipinski definition) is 4. The summed E-state index contributed by atoms with van der Waals surface area (Å²) >= 11 is 0. The zero-order valence-electron chi connectivity index (χ0n) is 13.6. The van der Waals surface area contributed by atoms with Crippen LogP contribution in [0.3, 0.4) is 0 Å². The first-order valence-corrected chi connectivity index (χ1v) is 8.05. The van der Waals surface area contributed by atoms with E-state index in [9.17, 15) is 14.7 Å². The lowest BCUT2D eigenvalue weighted by atomic mass is 9.86. The standard InChI is InChI=1S/C17H25N3O3/c1-11(2)19-17(23)20-14-5-3-4-12(8-14)9-15(16(21)22)13-6-7-18-10-13/h3-5,8,11,13,15,18H,6-7,9-10H2,1-2H3,(H,21,22)(H2,19,20,23)/t13-,15-/m0/s1. The van der Waals surface area contributed by atoms with E-state index >= 15 is 0 Å². The average molecular weight is 319 g/mol. The summed E-state index contributed by atoms with van der Waals surface area (Å²) in [5, 5.41) is 18.3. The van der Waals surface area contributed by atoms with Gasteiger partial charge in [0.2, 0.25) is 0 Å². The van der Waals surface area contributed by atoms with Crippen LogP contribution in [0, 0.1) is 11.8 Å². The molecule has 1 aliphatic heterocycles. The SMILES string of the molecule is CC(C)NC(=O)Nc1cccc(C[C@H](C(=O)O)[C@H]2CCNC2)c1. The smallest absolute Gasteiger partial charge is 0.319 e. The first-order valence-electron chi connectivity index (χ1n) is 8.05. The Morgan fingerprint density at radius 3 is 2.78 bits per heavy atom. The molecule has 0 saturated carbocycles. The quantitative estimate of drug-likeness (QED) is 0.646. The van der Waals surface area contributed by atoms with Crippen LogP contribution < -0.4 is 16.0 Å². The third-order valence-electron chi connectivity index (χ3n) is 4.04. The molecule has 2 rings (SSSR count). The predicted octanol–water partition coefficient (Wildman–Crippen LogP) is 2.07. The number of amides is 2. The van der Waals surface area contributed by atoms with E-state index in [1.807, 2.05) is 32.0 Å². The number of benzene rings is 1. The molecule has 2 atom stereocenters. The van der Waals surface area contributed by atoms with E-state index in [1.54, 1.807) is 6.07 Å². The molecule has 0 bridgehead atoms. The lowest BCUT2D eigenvalue weighted by molar-refractivity contribution is -0.143. The second-order valence-corrected chi connectivity index (χ2v) is 6.36. The third kappa shape index (κ3) is 5.25. The van der Waals surface area contributed by atoms with Crippen LogP contribution in [-0.2, 0) is 11.2 Å². The predicted molar refractivity (Wildman–Crippen MR) is 89.5 cm³/mol. The maximum absolute atomic E-state index is 11.7.